The van der Waals surface area contributed by atoms with Crippen LogP contribution in [0, 0.1) is 17.6 Å². The van der Waals surface area contributed by atoms with Crippen LogP contribution < -0.4 is 10.2 Å². The highest BCUT2D eigenvalue weighted by atomic mass is 19.1. The number of fused-ring (bicyclic) bond motifs is 1. The first-order chi connectivity index (χ1) is 12.6. The van der Waals surface area contributed by atoms with Crippen LogP contribution in [0.25, 0.3) is 11.1 Å². The number of piperidine rings is 1. The van der Waals surface area contributed by atoms with Gasteiger partial charge in [0, 0.05) is 30.8 Å². The van der Waals surface area contributed by atoms with Crippen LogP contribution >= 0.6 is 0 Å². The van der Waals surface area contributed by atoms with Gasteiger partial charge in [-0.15, -0.1) is 0 Å². The molecule has 1 aliphatic rings. The number of nitrogens with one attached hydrogen (secondary N) is 1. The van der Waals surface area contributed by atoms with Crippen LogP contribution in [0.15, 0.2) is 46.9 Å². The number of halogens is 2. The molecule has 1 saturated heterocycles. The molecule has 0 unspecified atom stereocenters. The van der Waals surface area contributed by atoms with Crippen molar-refractivity contribution in [3.8, 4) is 0 Å². The van der Waals surface area contributed by atoms with Gasteiger partial charge >= 0.3 is 0 Å². The van der Waals surface area contributed by atoms with Crippen LogP contribution in [0.2, 0.25) is 0 Å². The normalized spacial score (nSPS) is 15.4. The van der Waals surface area contributed by atoms with Gasteiger partial charge in [0.25, 0.3) is 6.01 Å². The summed E-state index contributed by atoms with van der Waals surface area (Å²) < 4.78 is 32.2. The third-order valence-electron chi connectivity index (χ3n) is 4.55. The van der Waals surface area contributed by atoms with Crippen LogP contribution in [0.1, 0.15) is 12.8 Å². The van der Waals surface area contributed by atoms with E-state index in [9.17, 15) is 13.6 Å². The van der Waals surface area contributed by atoms with Gasteiger partial charge in [-0.3, -0.25) is 4.79 Å². The van der Waals surface area contributed by atoms with E-state index < -0.39 is 11.6 Å². The first-order valence-corrected chi connectivity index (χ1v) is 8.46. The van der Waals surface area contributed by atoms with E-state index in [1.165, 1.54) is 0 Å². The summed E-state index contributed by atoms with van der Waals surface area (Å²) in [5, 5.41) is 2.59. The standard InChI is InChI=1S/C19H17F2N3O2/c20-13-9-14(21)11-15(10-13)22-18(25)12-5-7-24(8-6-12)19-23-16-3-1-2-4-17(16)26-19/h1-4,9-12H,5-8H2,(H,22,25). The Morgan fingerprint density at radius 1 is 1.12 bits per heavy atom. The second kappa shape index (κ2) is 6.74. The largest absolute Gasteiger partial charge is 0.423 e. The van der Waals surface area contributed by atoms with Crippen LogP contribution in [0.4, 0.5) is 20.5 Å². The van der Waals surface area contributed by atoms with Crippen LogP contribution in [-0.4, -0.2) is 24.0 Å². The van der Waals surface area contributed by atoms with Gasteiger partial charge < -0.3 is 14.6 Å². The number of carbonyl (C=O) groups excluding carboxylic acids is 1. The zero-order chi connectivity index (χ0) is 18.1. The van der Waals surface area contributed by atoms with Gasteiger partial charge in [-0.2, -0.15) is 4.98 Å². The number of carbonyl (C=O) groups is 1. The molecular formula is C19H17F2N3O2. The maximum absolute atomic E-state index is 13.2. The van der Waals surface area contributed by atoms with Crippen molar-refractivity contribution in [1.82, 2.24) is 4.98 Å². The van der Waals surface area contributed by atoms with Gasteiger partial charge in [0.05, 0.1) is 0 Å². The molecule has 4 rings (SSSR count). The second-order valence-electron chi connectivity index (χ2n) is 6.37. The van der Waals surface area contributed by atoms with Gasteiger partial charge in [-0.05, 0) is 37.1 Å². The van der Waals surface area contributed by atoms with E-state index in [-0.39, 0.29) is 17.5 Å². The minimum absolute atomic E-state index is 0.133. The molecule has 0 saturated carbocycles. The van der Waals surface area contributed by atoms with Crippen molar-refractivity contribution in [2.24, 2.45) is 5.92 Å². The smallest absolute Gasteiger partial charge is 0.298 e. The van der Waals surface area contributed by atoms with Gasteiger partial charge in [-0.1, -0.05) is 12.1 Å². The molecule has 1 fully saturated rings. The van der Waals surface area contributed by atoms with E-state index >= 15 is 0 Å². The van der Waals surface area contributed by atoms with E-state index in [4.69, 9.17) is 4.42 Å². The minimum Gasteiger partial charge on any atom is -0.423 e. The number of aromatic nitrogens is 1. The van der Waals surface area contributed by atoms with Crippen molar-refractivity contribution in [1.29, 1.82) is 0 Å². The Kier molecular flexibility index (Phi) is 4.28. The molecule has 2 heterocycles. The Bertz CT molecular complexity index is 896. The molecule has 0 atom stereocenters. The van der Waals surface area contributed by atoms with E-state index in [2.05, 4.69) is 10.3 Å². The average Bonchev–Trinajstić information content (AvgIpc) is 3.05. The molecular weight excluding hydrogens is 340 g/mol. The molecule has 134 valence electrons. The lowest BCUT2D eigenvalue weighted by Gasteiger charge is -2.30. The van der Waals surface area contributed by atoms with Gasteiger partial charge in [0.1, 0.15) is 17.2 Å². The molecule has 7 heteroatoms. The number of rotatable bonds is 3. The average molecular weight is 357 g/mol. The topological polar surface area (TPSA) is 58.4 Å². The molecule has 1 aromatic heterocycles. The van der Waals surface area contributed by atoms with Crippen molar-refractivity contribution in [3.05, 3.63) is 54.1 Å². The molecule has 1 N–H and O–H groups in total. The zero-order valence-corrected chi connectivity index (χ0v) is 13.9. The van der Waals surface area contributed by atoms with Crippen LogP contribution in [0.3, 0.4) is 0 Å². The summed E-state index contributed by atoms with van der Waals surface area (Å²) in [6.07, 6.45) is 1.23. The fourth-order valence-corrected chi connectivity index (χ4v) is 3.20. The predicted octanol–water partition coefficient (Wildman–Crippen LogP) is 3.96. The Balaban J connectivity index is 1.39. The molecule has 3 aromatic rings. The molecule has 1 amide bonds. The summed E-state index contributed by atoms with van der Waals surface area (Å²) >= 11 is 0. The first kappa shape index (κ1) is 16.5. The number of hydrogen-bond acceptors (Lipinski definition) is 4. The fraction of sp³-hybridized carbons (Fsp3) is 0.263. The summed E-state index contributed by atoms with van der Waals surface area (Å²) in [5.41, 5.74) is 1.67. The highest BCUT2D eigenvalue weighted by Gasteiger charge is 2.27. The number of oxazole rings is 1. The molecule has 0 spiro atoms. The molecule has 0 radical (unpaired) electrons. The number of para-hydroxylation sites is 2. The predicted molar refractivity (Wildman–Crippen MR) is 93.9 cm³/mol. The third-order valence-corrected chi connectivity index (χ3v) is 4.55. The zero-order valence-electron chi connectivity index (χ0n) is 13.9. The van der Waals surface area contributed by atoms with Gasteiger partial charge in [-0.25, -0.2) is 8.78 Å². The molecule has 5 nitrogen and oxygen atoms in total. The van der Waals surface area contributed by atoms with Gasteiger partial charge in [0.2, 0.25) is 5.91 Å². The van der Waals surface area contributed by atoms with Crippen LogP contribution in [-0.2, 0) is 4.79 Å². The Labute approximate surface area is 148 Å². The minimum atomic E-state index is -0.717. The van der Waals surface area contributed by atoms with Gasteiger partial charge in [0.15, 0.2) is 5.58 Å². The summed E-state index contributed by atoms with van der Waals surface area (Å²) in [5.74, 6) is -1.88. The lowest BCUT2D eigenvalue weighted by Crippen LogP contribution is -2.38. The quantitative estimate of drug-likeness (QED) is 0.771. The number of anilines is 2. The lowest BCUT2D eigenvalue weighted by molar-refractivity contribution is -0.120. The van der Waals surface area contributed by atoms with Crippen molar-refractivity contribution < 1.29 is 18.0 Å². The number of hydrogen-bond donors (Lipinski definition) is 1. The summed E-state index contributed by atoms with van der Waals surface area (Å²) in [4.78, 5) is 18.8. The SMILES string of the molecule is O=C(Nc1cc(F)cc(F)c1)C1CCN(c2nc3ccccc3o2)CC1. The maximum Gasteiger partial charge on any atom is 0.298 e. The van der Waals surface area contributed by atoms with Crippen molar-refractivity contribution in [3.63, 3.8) is 0 Å². The first-order valence-electron chi connectivity index (χ1n) is 8.46. The molecule has 2 aromatic carbocycles. The monoisotopic (exact) mass is 357 g/mol. The third kappa shape index (κ3) is 3.37. The molecule has 26 heavy (non-hydrogen) atoms. The number of amides is 1. The number of benzene rings is 2. The Morgan fingerprint density at radius 3 is 2.50 bits per heavy atom. The molecule has 1 aliphatic heterocycles. The van der Waals surface area contributed by atoms with Crippen LogP contribution in [0.5, 0.6) is 0 Å². The van der Waals surface area contributed by atoms with Crippen molar-refractivity contribution in [2.45, 2.75) is 12.8 Å². The number of nitrogens with zero attached hydrogens (tertiary/aromatic N) is 2. The summed E-state index contributed by atoms with van der Waals surface area (Å²) in [7, 11) is 0. The van der Waals surface area contributed by atoms with E-state index in [1.807, 2.05) is 29.2 Å². The lowest BCUT2D eigenvalue weighted by atomic mass is 9.96. The fourth-order valence-electron chi connectivity index (χ4n) is 3.20. The van der Waals surface area contributed by atoms with Crippen molar-refractivity contribution >= 4 is 28.7 Å². The van der Waals surface area contributed by atoms with Crippen molar-refractivity contribution in [2.75, 3.05) is 23.3 Å². The summed E-state index contributed by atoms with van der Waals surface area (Å²) in [6.45, 7) is 1.25. The molecule has 0 bridgehead atoms. The van der Waals surface area contributed by atoms with E-state index in [1.54, 1.807) is 0 Å². The van der Waals surface area contributed by atoms with E-state index in [0.29, 0.717) is 31.9 Å². The Hall–Kier alpha value is -2.96. The maximum atomic E-state index is 13.2. The highest BCUT2D eigenvalue weighted by molar-refractivity contribution is 5.92. The highest BCUT2D eigenvalue weighted by Crippen LogP contribution is 2.27. The molecule has 0 aliphatic carbocycles. The Morgan fingerprint density at radius 2 is 1.81 bits per heavy atom. The summed E-state index contributed by atoms with van der Waals surface area (Å²) in [6, 6.07) is 11.1. The van der Waals surface area contributed by atoms with E-state index in [0.717, 1.165) is 29.3 Å². The second-order valence-corrected chi connectivity index (χ2v) is 6.37.